The van der Waals surface area contributed by atoms with Gasteiger partial charge in [-0.2, -0.15) is 0 Å². The van der Waals surface area contributed by atoms with Crippen molar-refractivity contribution in [1.29, 1.82) is 0 Å². The molecule has 2 rings (SSSR count). The molecule has 1 heterocycles. The summed E-state index contributed by atoms with van der Waals surface area (Å²) in [6.07, 6.45) is 1.61. The van der Waals surface area contributed by atoms with E-state index in [2.05, 4.69) is 15.8 Å². The number of nitrogens with one attached hydrogen (secondary N) is 2. The molecule has 1 aromatic carbocycles. The van der Waals surface area contributed by atoms with Crippen molar-refractivity contribution in [3.8, 4) is 0 Å². The number of rotatable bonds is 7. The van der Waals surface area contributed by atoms with Crippen LogP contribution in [0, 0.1) is 13.8 Å². The predicted octanol–water partition coefficient (Wildman–Crippen LogP) is 2.26. The molecule has 1 aromatic heterocycles. The first-order valence-corrected chi connectivity index (χ1v) is 7.73. The molecule has 1 atom stereocenters. The second-order valence-electron chi connectivity index (χ2n) is 5.45. The third kappa shape index (κ3) is 4.82. The molecule has 0 radical (unpaired) electrons. The van der Waals surface area contributed by atoms with Gasteiger partial charge in [0.2, 0.25) is 0 Å². The molecular formula is C17H23N3O3. The third-order valence-corrected chi connectivity index (χ3v) is 3.76. The maximum absolute atomic E-state index is 11.9. The lowest BCUT2D eigenvalue weighted by atomic mass is 10.1. The minimum Gasteiger partial charge on any atom is -0.394 e. The Labute approximate surface area is 135 Å². The van der Waals surface area contributed by atoms with Crippen LogP contribution < -0.4 is 10.6 Å². The molecule has 6 nitrogen and oxygen atoms in total. The molecule has 23 heavy (non-hydrogen) atoms. The summed E-state index contributed by atoms with van der Waals surface area (Å²) in [6, 6.07) is 8.71. The molecule has 0 fully saturated rings. The number of hydrogen-bond acceptors (Lipinski definition) is 4. The van der Waals surface area contributed by atoms with Crippen molar-refractivity contribution >= 4 is 6.03 Å². The second kappa shape index (κ2) is 8.33. The maximum atomic E-state index is 11.9. The molecule has 2 aromatic rings. The van der Waals surface area contributed by atoms with Crippen molar-refractivity contribution in [2.45, 2.75) is 32.7 Å². The fourth-order valence-corrected chi connectivity index (χ4v) is 2.45. The zero-order valence-corrected chi connectivity index (χ0v) is 13.5. The molecule has 0 spiro atoms. The first kappa shape index (κ1) is 17.0. The molecule has 0 aliphatic carbocycles. The summed E-state index contributed by atoms with van der Waals surface area (Å²) >= 11 is 0. The zero-order valence-electron chi connectivity index (χ0n) is 13.5. The van der Waals surface area contributed by atoms with Crippen LogP contribution in [0.1, 0.15) is 35.0 Å². The average Bonchev–Trinajstić information content (AvgIpc) is 2.89. The van der Waals surface area contributed by atoms with Crippen molar-refractivity contribution in [3.63, 3.8) is 0 Å². The van der Waals surface area contributed by atoms with Crippen molar-refractivity contribution in [2.75, 3.05) is 13.2 Å². The second-order valence-corrected chi connectivity index (χ2v) is 5.45. The van der Waals surface area contributed by atoms with Gasteiger partial charge in [0.15, 0.2) is 0 Å². The first-order chi connectivity index (χ1) is 11.1. The molecule has 124 valence electrons. The lowest BCUT2D eigenvalue weighted by molar-refractivity contribution is 0.217. The molecule has 2 amide bonds. The number of aryl methyl sites for hydroxylation is 2. The highest BCUT2D eigenvalue weighted by molar-refractivity contribution is 5.74. The molecule has 6 heteroatoms. The van der Waals surface area contributed by atoms with Gasteiger partial charge in [0, 0.05) is 12.1 Å². The lowest BCUT2D eigenvalue weighted by Crippen LogP contribution is -2.39. The summed E-state index contributed by atoms with van der Waals surface area (Å²) in [4.78, 5) is 11.9. The SMILES string of the molecule is Cc1noc(C)c1CCCNC(=O)NC(CO)c1ccccc1. The minimum absolute atomic E-state index is 0.142. The van der Waals surface area contributed by atoms with Gasteiger partial charge in [-0.25, -0.2) is 4.79 Å². The van der Waals surface area contributed by atoms with E-state index < -0.39 is 6.04 Å². The Morgan fingerprint density at radius 3 is 2.65 bits per heavy atom. The van der Waals surface area contributed by atoms with Gasteiger partial charge in [-0.3, -0.25) is 0 Å². The van der Waals surface area contributed by atoms with E-state index in [1.807, 2.05) is 44.2 Å². The fourth-order valence-electron chi connectivity index (χ4n) is 2.45. The number of amides is 2. The van der Waals surface area contributed by atoms with Gasteiger partial charge in [-0.1, -0.05) is 35.5 Å². The Morgan fingerprint density at radius 1 is 1.30 bits per heavy atom. The predicted molar refractivity (Wildman–Crippen MR) is 87.1 cm³/mol. The van der Waals surface area contributed by atoms with Crippen molar-refractivity contribution < 1.29 is 14.4 Å². The van der Waals surface area contributed by atoms with Crippen LogP contribution in [0.2, 0.25) is 0 Å². The normalized spacial score (nSPS) is 12.0. The largest absolute Gasteiger partial charge is 0.394 e. The Balaban J connectivity index is 1.74. The Hall–Kier alpha value is -2.34. The highest BCUT2D eigenvalue weighted by atomic mass is 16.5. The quantitative estimate of drug-likeness (QED) is 0.684. The Morgan fingerprint density at radius 2 is 2.04 bits per heavy atom. The van der Waals surface area contributed by atoms with E-state index in [0.717, 1.165) is 35.4 Å². The maximum Gasteiger partial charge on any atom is 0.315 e. The van der Waals surface area contributed by atoms with Gasteiger partial charge >= 0.3 is 6.03 Å². The van der Waals surface area contributed by atoms with Gasteiger partial charge in [0.1, 0.15) is 5.76 Å². The number of aliphatic hydroxyl groups excluding tert-OH is 1. The van der Waals surface area contributed by atoms with E-state index in [1.165, 1.54) is 0 Å². The van der Waals surface area contributed by atoms with E-state index in [4.69, 9.17) is 4.52 Å². The van der Waals surface area contributed by atoms with Crippen LogP contribution in [-0.4, -0.2) is 29.4 Å². The molecule has 0 aliphatic rings. The van der Waals surface area contributed by atoms with E-state index in [9.17, 15) is 9.90 Å². The molecule has 0 bridgehead atoms. The minimum atomic E-state index is -0.404. The highest BCUT2D eigenvalue weighted by Crippen LogP contribution is 2.14. The average molecular weight is 317 g/mol. The number of urea groups is 1. The van der Waals surface area contributed by atoms with E-state index in [-0.39, 0.29) is 12.6 Å². The van der Waals surface area contributed by atoms with Crippen LogP contribution >= 0.6 is 0 Å². The summed E-state index contributed by atoms with van der Waals surface area (Å²) in [5.74, 6) is 0.830. The summed E-state index contributed by atoms with van der Waals surface area (Å²) in [5, 5.41) is 18.9. The summed E-state index contributed by atoms with van der Waals surface area (Å²) in [7, 11) is 0. The van der Waals surface area contributed by atoms with Crippen LogP contribution in [0.3, 0.4) is 0 Å². The Bertz CT molecular complexity index is 606. The van der Waals surface area contributed by atoms with Crippen LogP contribution in [0.4, 0.5) is 4.79 Å². The number of hydrogen-bond donors (Lipinski definition) is 3. The van der Waals surface area contributed by atoms with Crippen LogP contribution in [0.5, 0.6) is 0 Å². The monoisotopic (exact) mass is 317 g/mol. The van der Waals surface area contributed by atoms with Crippen LogP contribution in [0.15, 0.2) is 34.9 Å². The third-order valence-electron chi connectivity index (χ3n) is 3.76. The molecule has 3 N–H and O–H groups in total. The molecule has 1 unspecified atom stereocenters. The van der Waals surface area contributed by atoms with Gasteiger partial charge in [-0.05, 0) is 32.3 Å². The Kier molecular flexibility index (Phi) is 6.17. The summed E-state index contributed by atoms with van der Waals surface area (Å²) in [6.45, 7) is 4.21. The smallest absolute Gasteiger partial charge is 0.315 e. The van der Waals surface area contributed by atoms with Crippen molar-refractivity contribution in [2.24, 2.45) is 0 Å². The number of aliphatic hydroxyl groups is 1. The number of benzene rings is 1. The van der Waals surface area contributed by atoms with Gasteiger partial charge < -0.3 is 20.3 Å². The summed E-state index contributed by atoms with van der Waals surface area (Å²) < 4.78 is 5.11. The van der Waals surface area contributed by atoms with Crippen LogP contribution in [-0.2, 0) is 6.42 Å². The van der Waals surface area contributed by atoms with Gasteiger partial charge in [-0.15, -0.1) is 0 Å². The zero-order chi connectivity index (χ0) is 16.7. The highest BCUT2D eigenvalue weighted by Gasteiger charge is 2.13. The lowest BCUT2D eigenvalue weighted by Gasteiger charge is -2.17. The van der Waals surface area contributed by atoms with Crippen LogP contribution in [0.25, 0.3) is 0 Å². The number of carbonyl (C=O) groups is 1. The van der Waals surface area contributed by atoms with E-state index in [1.54, 1.807) is 0 Å². The fraction of sp³-hybridized carbons (Fsp3) is 0.412. The standard InChI is InChI=1S/C17H23N3O3/c1-12-15(13(2)23-20-12)9-6-10-18-17(22)19-16(11-21)14-7-4-3-5-8-14/h3-5,7-8,16,21H,6,9-11H2,1-2H3,(H2,18,19,22). The topological polar surface area (TPSA) is 87.4 Å². The molecule has 0 aliphatic heterocycles. The van der Waals surface area contributed by atoms with E-state index in [0.29, 0.717) is 6.54 Å². The van der Waals surface area contributed by atoms with Crippen molar-refractivity contribution in [3.05, 3.63) is 52.9 Å². The van der Waals surface area contributed by atoms with Gasteiger partial charge in [0.05, 0.1) is 18.3 Å². The van der Waals surface area contributed by atoms with Gasteiger partial charge in [0.25, 0.3) is 0 Å². The molecular weight excluding hydrogens is 294 g/mol. The number of nitrogens with zero attached hydrogens (tertiary/aromatic N) is 1. The van der Waals surface area contributed by atoms with E-state index >= 15 is 0 Å². The number of aromatic nitrogens is 1. The first-order valence-electron chi connectivity index (χ1n) is 7.73. The molecule has 0 saturated heterocycles. The van der Waals surface area contributed by atoms with Crippen molar-refractivity contribution in [1.82, 2.24) is 15.8 Å². The number of carbonyl (C=O) groups excluding carboxylic acids is 1. The molecule has 0 saturated carbocycles. The summed E-state index contributed by atoms with van der Waals surface area (Å²) in [5.41, 5.74) is 2.88.